The van der Waals surface area contributed by atoms with Gasteiger partial charge in [0.25, 0.3) is 0 Å². The van der Waals surface area contributed by atoms with Gasteiger partial charge in [-0.3, -0.25) is 4.90 Å². The molecule has 2 N–H and O–H groups in total. The van der Waals surface area contributed by atoms with Crippen molar-refractivity contribution in [3.8, 4) is 6.07 Å². The van der Waals surface area contributed by atoms with Crippen molar-refractivity contribution in [1.82, 2.24) is 10.2 Å². The molecule has 0 aliphatic carbocycles. The molecule has 0 spiro atoms. The van der Waals surface area contributed by atoms with Crippen LogP contribution < -0.4 is 5.32 Å². The fourth-order valence-corrected chi connectivity index (χ4v) is 1.32. The van der Waals surface area contributed by atoms with E-state index in [-0.39, 0.29) is 6.10 Å². The predicted molar refractivity (Wildman–Crippen MR) is 61.5 cm³/mol. The van der Waals surface area contributed by atoms with Gasteiger partial charge in [-0.25, -0.2) is 0 Å². The number of nitrogens with zero attached hydrogens (tertiary/aromatic N) is 2. The van der Waals surface area contributed by atoms with E-state index in [1.54, 1.807) is 0 Å². The van der Waals surface area contributed by atoms with Gasteiger partial charge in [0.05, 0.1) is 12.2 Å². The van der Waals surface area contributed by atoms with Crippen molar-refractivity contribution in [3.05, 3.63) is 0 Å². The van der Waals surface area contributed by atoms with Gasteiger partial charge >= 0.3 is 0 Å². The zero-order valence-corrected chi connectivity index (χ0v) is 10.0. The minimum atomic E-state index is -0.356. The maximum absolute atomic E-state index is 9.71. The Labute approximate surface area is 92.9 Å². The maximum Gasteiger partial charge on any atom is 0.0791 e. The van der Waals surface area contributed by atoms with Crippen LogP contribution in [0.5, 0.6) is 0 Å². The van der Waals surface area contributed by atoms with E-state index in [9.17, 15) is 5.11 Å². The molecule has 0 aromatic heterocycles. The van der Waals surface area contributed by atoms with E-state index in [0.29, 0.717) is 25.6 Å². The van der Waals surface area contributed by atoms with Crippen LogP contribution in [0.3, 0.4) is 0 Å². The Morgan fingerprint density at radius 1 is 1.47 bits per heavy atom. The quantitative estimate of drug-likeness (QED) is 0.619. The molecule has 0 aromatic carbocycles. The summed E-state index contributed by atoms with van der Waals surface area (Å²) in [6, 6.07) is 2.51. The molecule has 0 fully saturated rings. The van der Waals surface area contributed by atoms with Gasteiger partial charge in [-0.15, -0.1) is 0 Å². The van der Waals surface area contributed by atoms with Crippen LogP contribution in [0.25, 0.3) is 0 Å². The fourth-order valence-electron chi connectivity index (χ4n) is 1.32. The van der Waals surface area contributed by atoms with Crippen molar-refractivity contribution in [1.29, 1.82) is 5.26 Å². The van der Waals surface area contributed by atoms with Crippen LogP contribution >= 0.6 is 0 Å². The predicted octanol–water partition coefficient (Wildman–Crippen LogP) is 0.581. The van der Waals surface area contributed by atoms with E-state index in [1.807, 2.05) is 6.92 Å². The van der Waals surface area contributed by atoms with Gasteiger partial charge in [-0.2, -0.15) is 5.26 Å². The molecule has 88 valence electrons. The molecule has 0 rings (SSSR count). The van der Waals surface area contributed by atoms with E-state index in [0.717, 1.165) is 13.1 Å². The molecular weight excluding hydrogens is 190 g/mol. The molecule has 4 nitrogen and oxygen atoms in total. The third kappa shape index (κ3) is 8.37. The highest BCUT2D eigenvalue weighted by atomic mass is 16.3. The lowest BCUT2D eigenvalue weighted by atomic mass is 10.2. The lowest BCUT2D eigenvalue weighted by Gasteiger charge is -2.23. The van der Waals surface area contributed by atoms with Crippen LogP contribution in [0.2, 0.25) is 0 Å². The number of hydrogen-bond acceptors (Lipinski definition) is 4. The second kappa shape index (κ2) is 8.66. The lowest BCUT2D eigenvalue weighted by Crippen LogP contribution is -2.40. The van der Waals surface area contributed by atoms with Crippen molar-refractivity contribution in [2.24, 2.45) is 0 Å². The number of aliphatic hydroxyl groups is 1. The second-order valence-electron chi connectivity index (χ2n) is 4.02. The minimum absolute atomic E-state index is 0.356. The van der Waals surface area contributed by atoms with Crippen LogP contribution in [0.4, 0.5) is 0 Å². The maximum atomic E-state index is 9.71. The molecule has 0 saturated heterocycles. The van der Waals surface area contributed by atoms with Crippen molar-refractivity contribution in [2.75, 3.05) is 26.2 Å². The first-order valence-electron chi connectivity index (χ1n) is 5.60. The summed E-state index contributed by atoms with van der Waals surface area (Å²) in [5.41, 5.74) is 0. The molecule has 1 atom stereocenters. The summed E-state index contributed by atoms with van der Waals surface area (Å²) in [5.74, 6) is 0. The van der Waals surface area contributed by atoms with Crippen molar-refractivity contribution >= 4 is 0 Å². The highest BCUT2D eigenvalue weighted by Crippen LogP contribution is 1.94. The number of hydrogen-bond donors (Lipinski definition) is 2. The van der Waals surface area contributed by atoms with Gasteiger partial charge in [0.1, 0.15) is 0 Å². The Balaban J connectivity index is 3.70. The largest absolute Gasteiger partial charge is 0.390 e. The highest BCUT2D eigenvalue weighted by molar-refractivity contribution is 4.74. The van der Waals surface area contributed by atoms with Crippen molar-refractivity contribution < 1.29 is 5.11 Å². The van der Waals surface area contributed by atoms with Gasteiger partial charge in [-0.1, -0.05) is 20.8 Å². The Morgan fingerprint density at radius 2 is 2.13 bits per heavy atom. The van der Waals surface area contributed by atoms with Gasteiger partial charge in [0.2, 0.25) is 0 Å². The normalized spacial score (nSPS) is 13.1. The van der Waals surface area contributed by atoms with Gasteiger partial charge in [-0.05, 0) is 6.54 Å². The fraction of sp³-hybridized carbons (Fsp3) is 0.909. The first-order valence-corrected chi connectivity index (χ1v) is 5.60. The topological polar surface area (TPSA) is 59.3 Å². The Bertz CT molecular complexity index is 189. The number of rotatable bonds is 8. The average molecular weight is 213 g/mol. The van der Waals surface area contributed by atoms with Gasteiger partial charge in [0.15, 0.2) is 0 Å². The molecule has 0 aromatic rings. The van der Waals surface area contributed by atoms with Crippen LogP contribution in [-0.4, -0.2) is 48.3 Å². The second-order valence-corrected chi connectivity index (χ2v) is 4.02. The third-order valence-corrected chi connectivity index (χ3v) is 2.22. The van der Waals surface area contributed by atoms with Crippen LogP contribution in [-0.2, 0) is 0 Å². The van der Waals surface area contributed by atoms with E-state index >= 15 is 0 Å². The van der Waals surface area contributed by atoms with Crippen LogP contribution in [0.15, 0.2) is 0 Å². The van der Waals surface area contributed by atoms with Crippen LogP contribution in [0, 0.1) is 11.3 Å². The van der Waals surface area contributed by atoms with E-state index < -0.39 is 0 Å². The number of likely N-dealkylation sites (N-methyl/N-ethyl adjacent to an activating group) is 1. The summed E-state index contributed by atoms with van der Waals surface area (Å²) in [6.07, 6.45) is 0.170. The van der Waals surface area contributed by atoms with E-state index in [1.165, 1.54) is 0 Å². The first-order chi connectivity index (χ1) is 7.10. The highest BCUT2D eigenvalue weighted by Gasteiger charge is 2.09. The third-order valence-electron chi connectivity index (χ3n) is 2.22. The Morgan fingerprint density at radius 3 is 2.60 bits per heavy atom. The SMILES string of the molecule is CCN(CCC#N)CC(O)CNC(C)C. The number of aliphatic hydroxyl groups excluding tert-OH is 1. The molecule has 0 heterocycles. The summed E-state index contributed by atoms with van der Waals surface area (Å²) < 4.78 is 0. The van der Waals surface area contributed by atoms with Crippen molar-refractivity contribution in [3.63, 3.8) is 0 Å². The zero-order valence-electron chi connectivity index (χ0n) is 10.0. The van der Waals surface area contributed by atoms with Crippen LogP contribution in [0.1, 0.15) is 27.2 Å². The van der Waals surface area contributed by atoms with Gasteiger partial charge < -0.3 is 10.4 Å². The minimum Gasteiger partial charge on any atom is -0.390 e. The molecule has 0 radical (unpaired) electrons. The summed E-state index contributed by atoms with van der Waals surface area (Å²) in [7, 11) is 0. The number of nitrogens with one attached hydrogen (secondary N) is 1. The molecule has 0 amide bonds. The van der Waals surface area contributed by atoms with Gasteiger partial charge in [0, 0.05) is 32.1 Å². The summed E-state index contributed by atoms with van der Waals surface area (Å²) in [6.45, 7) is 9.02. The smallest absolute Gasteiger partial charge is 0.0791 e. The molecule has 1 unspecified atom stereocenters. The zero-order chi connectivity index (χ0) is 11.7. The molecule has 4 heteroatoms. The Hall–Kier alpha value is -0.630. The summed E-state index contributed by atoms with van der Waals surface area (Å²) in [4.78, 5) is 2.09. The average Bonchev–Trinajstić information content (AvgIpc) is 2.21. The van der Waals surface area contributed by atoms with E-state index in [2.05, 4.69) is 30.1 Å². The molecule has 0 saturated carbocycles. The summed E-state index contributed by atoms with van der Waals surface area (Å²) >= 11 is 0. The first kappa shape index (κ1) is 14.4. The standard InChI is InChI=1S/C11H23N3O/c1-4-14(7-5-6-12)9-11(15)8-13-10(2)3/h10-11,13,15H,4-5,7-9H2,1-3H3. The van der Waals surface area contributed by atoms with Crippen molar-refractivity contribution in [2.45, 2.75) is 39.3 Å². The molecule has 15 heavy (non-hydrogen) atoms. The molecular formula is C11H23N3O. The molecule has 0 aliphatic heterocycles. The number of nitriles is 1. The summed E-state index contributed by atoms with van der Waals surface area (Å²) in [5, 5.41) is 21.4. The molecule has 0 aliphatic rings. The van der Waals surface area contributed by atoms with E-state index in [4.69, 9.17) is 5.26 Å². The molecule has 0 bridgehead atoms. The monoisotopic (exact) mass is 213 g/mol. The lowest BCUT2D eigenvalue weighted by molar-refractivity contribution is 0.113. The Kier molecular flexibility index (Phi) is 8.30.